The molecule has 5 heteroatoms. The molecule has 1 heterocycles. The van der Waals surface area contributed by atoms with Gasteiger partial charge in [0.1, 0.15) is 11.5 Å². The molecule has 126 valence electrons. The van der Waals surface area contributed by atoms with Crippen molar-refractivity contribution in [3.63, 3.8) is 0 Å². The fraction of sp³-hybridized carbons (Fsp3) is 0.0500. The maximum atomic E-state index is 12.0. The average Bonchev–Trinajstić information content (AvgIpc) is 3.05. The largest absolute Gasteiger partial charge is 0.457 e. The molecule has 2 aromatic carbocycles. The van der Waals surface area contributed by atoms with Crippen molar-refractivity contribution in [2.45, 2.75) is 6.92 Å². The molecule has 25 heavy (non-hydrogen) atoms. The number of halogens is 2. The molecule has 0 unspecified atom stereocenters. The third-order valence-corrected chi connectivity index (χ3v) is 4.34. The van der Waals surface area contributed by atoms with Gasteiger partial charge in [0.15, 0.2) is 0 Å². The highest BCUT2D eigenvalue weighted by atomic mass is 35.5. The molecule has 0 saturated heterocycles. The number of anilines is 1. The second-order valence-electron chi connectivity index (χ2n) is 5.47. The van der Waals surface area contributed by atoms with Crippen molar-refractivity contribution in [1.29, 1.82) is 0 Å². The van der Waals surface area contributed by atoms with Crippen LogP contribution in [0.15, 0.2) is 65.1 Å². The van der Waals surface area contributed by atoms with Gasteiger partial charge in [-0.05, 0) is 55.0 Å². The van der Waals surface area contributed by atoms with Gasteiger partial charge in [0.2, 0.25) is 5.91 Å². The van der Waals surface area contributed by atoms with Gasteiger partial charge in [0, 0.05) is 22.3 Å². The van der Waals surface area contributed by atoms with Gasteiger partial charge in [-0.1, -0.05) is 41.4 Å². The Balaban J connectivity index is 1.69. The number of rotatable bonds is 4. The van der Waals surface area contributed by atoms with Gasteiger partial charge in [-0.2, -0.15) is 0 Å². The number of furan rings is 1. The first kappa shape index (κ1) is 17.3. The molecule has 0 fully saturated rings. The van der Waals surface area contributed by atoms with E-state index in [0.29, 0.717) is 27.3 Å². The van der Waals surface area contributed by atoms with Crippen LogP contribution in [0.4, 0.5) is 5.69 Å². The molecule has 3 nitrogen and oxygen atoms in total. The van der Waals surface area contributed by atoms with E-state index < -0.39 is 0 Å². The third-order valence-electron chi connectivity index (χ3n) is 3.60. The minimum absolute atomic E-state index is 0.268. The Labute approximate surface area is 155 Å². The molecule has 0 aliphatic rings. The fourth-order valence-corrected chi connectivity index (χ4v) is 2.67. The topological polar surface area (TPSA) is 42.2 Å². The zero-order valence-electron chi connectivity index (χ0n) is 13.4. The summed E-state index contributed by atoms with van der Waals surface area (Å²) >= 11 is 12.2. The SMILES string of the molecule is Cc1ccc(NC(=O)/C=C/c2ccc(-c3ccccc3Cl)o2)cc1Cl. The number of hydrogen-bond donors (Lipinski definition) is 1. The minimum Gasteiger partial charge on any atom is -0.457 e. The number of benzene rings is 2. The summed E-state index contributed by atoms with van der Waals surface area (Å²) in [5.74, 6) is 0.943. The molecule has 0 radical (unpaired) electrons. The predicted octanol–water partition coefficient (Wildman–Crippen LogP) is 6.21. The Morgan fingerprint density at radius 3 is 2.60 bits per heavy atom. The van der Waals surface area contributed by atoms with Crippen LogP contribution in [0, 0.1) is 6.92 Å². The number of carbonyl (C=O) groups is 1. The van der Waals surface area contributed by atoms with E-state index in [-0.39, 0.29) is 5.91 Å². The lowest BCUT2D eigenvalue weighted by Gasteiger charge is -2.04. The maximum Gasteiger partial charge on any atom is 0.248 e. The van der Waals surface area contributed by atoms with Crippen molar-refractivity contribution >= 4 is 40.9 Å². The van der Waals surface area contributed by atoms with Crippen molar-refractivity contribution in [3.8, 4) is 11.3 Å². The van der Waals surface area contributed by atoms with Gasteiger partial charge in [0.05, 0.1) is 5.02 Å². The molecule has 0 aliphatic heterocycles. The smallest absolute Gasteiger partial charge is 0.248 e. The van der Waals surface area contributed by atoms with Gasteiger partial charge in [-0.15, -0.1) is 0 Å². The van der Waals surface area contributed by atoms with E-state index in [0.717, 1.165) is 11.1 Å². The highest BCUT2D eigenvalue weighted by molar-refractivity contribution is 6.33. The first-order chi connectivity index (χ1) is 12.0. The number of amides is 1. The second kappa shape index (κ2) is 7.60. The van der Waals surface area contributed by atoms with Crippen molar-refractivity contribution in [1.82, 2.24) is 0 Å². The van der Waals surface area contributed by atoms with Crippen LogP contribution < -0.4 is 5.32 Å². The summed E-state index contributed by atoms with van der Waals surface area (Å²) in [5.41, 5.74) is 2.40. The molecule has 0 saturated carbocycles. The third kappa shape index (κ3) is 4.32. The summed E-state index contributed by atoms with van der Waals surface area (Å²) in [6, 6.07) is 16.4. The molecule has 1 amide bonds. The van der Waals surface area contributed by atoms with Crippen LogP contribution in [0.3, 0.4) is 0 Å². The van der Waals surface area contributed by atoms with Gasteiger partial charge < -0.3 is 9.73 Å². The van der Waals surface area contributed by atoms with E-state index in [9.17, 15) is 4.79 Å². The standard InChI is InChI=1S/C20H15Cl2NO2/c1-13-6-7-14(12-18(13)22)23-20(24)11-9-15-8-10-19(25-15)16-4-2-3-5-17(16)21/h2-12H,1H3,(H,23,24)/b11-9+. The van der Waals surface area contributed by atoms with E-state index in [4.69, 9.17) is 27.6 Å². The molecule has 3 rings (SSSR count). The fourth-order valence-electron chi connectivity index (χ4n) is 2.26. The van der Waals surface area contributed by atoms with E-state index in [1.807, 2.05) is 37.3 Å². The monoisotopic (exact) mass is 371 g/mol. The highest BCUT2D eigenvalue weighted by Gasteiger charge is 2.07. The van der Waals surface area contributed by atoms with E-state index in [1.54, 1.807) is 30.3 Å². The zero-order valence-corrected chi connectivity index (χ0v) is 14.9. The molecule has 0 aliphatic carbocycles. The Hall–Kier alpha value is -2.49. The quantitative estimate of drug-likeness (QED) is 0.553. The summed E-state index contributed by atoms with van der Waals surface area (Å²) in [5, 5.41) is 3.98. The Kier molecular flexibility index (Phi) is 5.27. The second-order valence-corrected chi connectivity index (χ2v) is 6.28. The van der Waals surface area contributed by atoms with Crippen molar-refractivity contribution in [2.75, 3.05) is 5.32 Å². The molecule has 1 aromatic heterocycles. The van der Waals surface area contributed by atoms with Gasteiger partial charge in [0.25, 0.3) is 0 Å². The molecule has 1 N–H and O–H groups in total. The number of hydrogen-bond acceptors (Lipinski definition) is 2. The van der Waals surface area contributed by atoms with Crippen LogP contribution >= 0.6 is 23.2 Å². The van der Waals surface area contributed by atoms with Crippen LogP contribution in [-0.2, 0) is 4.79 Å². The summed E-state index contributed by atoms with van der Waals surface area (Å²) in [6.07, 6.45) is 3.01. The number of aryl methyl sites for hydroxylation is 1. The maximum absolute atomic E-state index is 12.0. The van der Waals surface area contributed by atoms with Crippen LogP contribution in [0.2, 0.25) is 10.0 Å². The van der Waals surface area contributed by atoms with Crippen molar-refractivity contribution < 1.29 is 9.21 Å². The molecular formula is C20H15Cl2NO2. The highest BCUT2D eigenvalue weighted by Crippen LogP contribution is 2.29. The number of carbonyl (C=O) groups excluding carboxylic acids is 1. The normalized spacial score (nSPS) is 11.0. The van der Waals surface area contributed by atoms with Crippen molar-refractivity contribution in [3.05, 3.63) is 82.0 Å². The van der Waals surface area contributed by atoms with E-state index >= 15 is 0 Å². The lowest BCUT2D eigenvalue weighted by molar-refractivity contribution is -0.111. The number of nitrogens with one attached hydrogen (secondary N) is 1. The van der Waals surface area contributed by atoms with Crippen LogP contribution in [0.25, 0.3) is 17.4 Å². The first-order valence-electron chi connectivity index (χ1n) is 7.63. The van der Waals surface area contributed by atoms with Crippen LogP contribution in [-0.4, -0.2) is 5.91 Å². The molecule has 3 aromatic rings. The van der Waals surface area contributed by atoms with Gasteiger partial charge in [-0.3, -0.25) is 4.79 Å². The summed E-state index contributed by atoms with van der Waals surface area (Å²) in [4.78, 5) is 12.0. The van der Waals surface area contributed by atoms with E-state index in [2.05, 4.69) is 5.32 Å². The predicted molar refractivity (Wildman–Crippen MR) is 103 cm³/mol. The van der Waals surface area contributed by atoms with E-state index in [1.165, 1.54) is 6.08 Å². The van der Waals surface area contributed by atoms with Gasteiger partial charge >= 0.3 is 0 Å². The lowest BCUT2D eigenvalue weighted by Crippen LogP contribution is -2.07. The first-order valence-corrected chi connectivity index (χ1v) is 8.38. The van der Waals surface area contributed by atoms with Crippen molar-refractivity contribution in [2.24, 2.45) is 0 Å². The Bertz CT molecular complexity index is 944. The molecule has 0 atom stereocenters. The van der Waals surface area contributed by atoms with Crippen LogP contribution in [0.1, 0.15) is 11.3 Å². The molecular weight excluding hydrogens is 357 g/mol. The summed E-state index contributed by atoms with van der Waals surface area (Å²) in [7, 11) is 0. The molecule has 0 spiro atoms. The lowest BCUT2D eigenvalue weighted by atomic mass is 10.2. The zero-order chi connectivity index (χ0) is 17.8. The Morgan fingerprint density at radius 2 is 1.84 bits per heavy atom. The molecule has 0 bridgehead atoms. The average molecular weight is 372 g/mol. The van der Waals surface area contributed by atoms with Crippen LogP contribution in [0.5, 0.6) is 0 Å². The van der Waals surface area contributed by atoms with Gasteiger partial charge in [-0.25, -0.2) is 0 Å². The minimum atomic E-state index is -0.268. The summed E-state index contributed by atoms with van der Waals surface area (Å²) < 4.78 is 5.71. The summed E-state index contributed by atoms with van der Waals surface area (Å²) in [6.45, 7) is 1.90. The Morgan fingerprint density at radius 1 is 1.04 bits per heavy atom.